The largest absolute Gasteiger partial charge is 0.481 e. The number of carboxylic acids is 1. The molecule has 1 saturated carbocycles. The molecule has 6 heteroatoms. The van der Waals surface area contributed by atoms with E-state index in [0.29, 0.717) is 25.8 Å². The lowest BCUT2D eigenvalue weighted by atomic mass is 9.74. The van der Waals surface area contributed by atoms with Gasteiger partial charge in [0.15, 0.2) is 0 Å². The smallest absolute Gasteiger partial charge is 0.315 e. The Kier molecular flexibility index (Phi) is 4.77. The number of benzene rings is 1. The molecule has 0 radical (unpaired) electrons. The first kappa shape index (κ1) is 15.3. The highest BCUT2D eigenvalue weighted by Crippen LogP contribution is 2.34. The summed E-state index contributed by atoms with van der Waals surface area (Å²) in [5, 5.41) is 14.3. The Hall–Kier alpha value is -2.11. The van der Waals surface area contributed by atoms with Crippen LogP contribution in [0, 0.1) is 5.82 Å². The van der Waals surface area contributed by atoms with Gasteiger partial charge in [0.2, 0.25) is 0 Å². The number of rotatable bonds is 6. The number of amides is 2. The van der Waals surface area contributed by atoms with Gasteiger partial charge in [-0.25, -0.2) is 9.18 Å². The van der Waals surface area contributed by atoms with Gasteiger partial charge in [0.1, 0.15) is 5.82 Å². The molecule has 0 atom stereocenters. The van der Waals surface area contributed by atoms with Gasteiger partial charge in [0, 0.05) is 6.54 Å². The van der Waals surface area contributed by atoms with Crippen LogP contribution >= 0.6 is 0 Å². The van der Waals surface area contributed by atoms with Crippen molar-refractivity contribution in [1.82, 2.24) is 10.6 Å². The van der Waals surface area contributed by atoms with E-state index in [1.807, 2.05) is 0 Å². The molecule has 1 aliphatic carbocycles. The molecule has 2 rings (SSSR count). The number of carbonyl (C=O) groups is 2. The van der Waals surface area contributed by atoms with E-state index in [2.05, 4.69) is 10.6 Å². The fourth-order valence-electron chi connectivity index (χ4n) is 2.50. The minimum Gasteiger partial charge on any atom is -0.481 e. The molecule has 0 unspecified atom stereocenters. The second kappa shape index (κ2) is 6.56. The van der Waals surface area contributed by atoms with Crippen LogP contribution in [0.3, 0.4) is 0 Å². The van der Waals surface area contributed by atoms with Crippen LogP contribution in [0.15, 0.2) is 24.3 Å². The molecule has 0 heterocycles. The first-order chi connectivity index (χ1) is 9.99. The van der Waals surface area contributed by atoms with Crippen molar-refractivity contribution >= 4 is 12.0 Å². The molecule has 1 fully saturated rings. The summed E-state index contributed by atoms with van der Waals surface area (Å²) >= 11 is 0. The lowest BCUT2D eigenvalue weighted by Crippen LogP contribution is -2.57. The fraction of sp³-hybridized carbons (Fsp3) is 0.467. The van der Waals surface area contributed by atoms with Gasteiger partial charge in [-0.15, -0.1) is 0 Å². The van der Waals surface area contributed by atoms with Crippen LogP contribution in [0.2, 0.25) is 0 Å². The number of aliphatic carboxylic acids is 1. The Bertz CT molecular complexity index is 512. The molecule has 114 valence electrons. The summed E-state index contributed by atoms with van der Waals surface area (Å²) in [6.07, 6.45) is 2.89. The van der Waals surface area contributed by atoms with Crippen LogP contribution in [-0.4, -0.2) is 29.2 Å². The minimum absolute atomic E-state index is 0.0433. The second-order valence-corrected chi connectivity index (χ2v) is 5.46. The SMILES string of the molecule is O=C(O)CC1(NC(=O)NCCc2ccc(F)cc2)CCC1. The highest BCUT2D eigenvalue weighted by molar-refractivity contribution is 5.77. The summed E-state index contributed by atoms with van der Waals surface area (Å²) in [5.41, 5.74) is 0.340. The van der Waals surface area contributed by atoms with Gasteiger partial charge >= 0.3 is 12.0 Å². The quantitative estimate of drug-likeness (QED) is 0.751. The molecule has 0 aromatic heterocycles. The average Bonchev–Trinajstić information content (AvgIpc) is 2.38. The Morgan fingerprint density at radius 3 is 2.43 bits per heavy atom. The highest BCUT2D eigenvalue weighted by atomic mass is 19.1. The maximum absolute atomic E-state index is 12.7. The molecular formula is C15H19FN2O3. The van der Waals surface area contributed by atoms with Gasteiger partial charge in [-0.3, -0.25) is 4.79 Å². The number of nitrogens with one attached hydrogen (secondary N) is 2. The summed E-state index contributed by atoms with van der Waals surface area (Å²) in [6, 6.07) is 5.76. The van der Waals surface area contributed by atoms with Gasteiger partial charge in [0.25, 0.3) is 0 Å². The number of hydrogen-bond acceptors (Lipinski definition) is 2. The lowest BCUT2D eigenvalue weighted by Gasteiger charge is -2.41. The Morgan fingerprint density at radius 1 is 1.24 bits per heavy atom. The lowest BCUT2D eigenvalue weighted by molar-refractivity contribution is -0.139. The zero-order valence-corrected chi connectivity index (χ0v) is 11.7. The van der Waals surface area contributed by atoms with E-state index < -0.39 is 11.5 Å². The second-order valence-electron chi connectivity index (χ2n) is 5.46. The van der Waals surface area contributed by atoms with Crippen molar-refractivity contribution < 1.29 is 19.1 Å². The maximum atomic E-state index is 12.7. The van der Waals surface area contributed by atoms with Crippen LogP contribution in [0.1, 0.15) is 31.2 Å². The third-order valence-electron chi connectivity index (χ3n) is 3.79. The summed E-state index contributed by atoms with van der Waals surface area (Å²) in [6.45, 7) is 0.417. The number of halogens is 1. The average molecular weight is 294 g/mol. The summed E-state index contributed by atoms with van der Waals surface area (Å²) in [5.74, 6) is -1.19. The van der Waals surface area contributed by atoms with Crippen LogP contribution in [0.25, 0.3) is 0 Å². The van der Waals surface area contributed by atoms with Crippen molar-refractivity contribution in [3.05, 3.63) is 35.6 Å². The minimum atomic E-state index is -0.902. The van der Waals surface area contributed by atoms with E-state index in [9.17, 15) is 14.0 Å². The number of carboxylic acid groups (broad SMARTS) is 1. The van der Waals surface area contributed by atoms with Crippen LogP contribution in [0.4, 0.5) is 9.18 Å². The zero-order chi connectivity index (χ0) is 15.3. The third-order valence-corrected chi connectivity index (χ3v) is 3.79. The van der Waals surface area contributed by atoms with Crippen molar-refractivity contribution in [3.8, 4) is 0 Å². The summed E-state index contributed by atoms with van der Waals surface area (Å²) < 4.78 is 12.7. The number of carbonyl (C=O) groups excluding carboxylic acids is 1. The van der Waals surface area contributed by atoms with E-state index in [0.717, 1.165) is 12.0 Å². The molecule has 1 aliphatic rings. The van der Waals surface area contributed by atoms with Crippen molar-refractivity contribution in [2.45, 2.75) is 37.6 Å². The molecule has 0 aliphatic heterocycles. The fourth-order valence-corrected chi connectivity index (χ4v) is 2.50. The predicted octanol–water partition coefficient (Wildman–Crippen LogP) is 2.06. The monoisotopic (exact) mass is 294 g/mol. The van der Waals surface area contributed by atoms with Crippen molar-refractivity contribution in [3.63, 3.8) is 0 Å². The zero-order valence-electron chi connectivity index (χ0n) is 11.7. The van der Waals surface area contributed by atoms with Gasteiger partial charge in [-0.05, 0) is 43.4 Å². The maximum Gasteiger partial charge on any atom is 0.315 e. The van der Waals surface area contributed by atoms with Crippen LogP contribution in [0.5, 0.6) is 0 Å². The number of urea groups is 1. The van der Waals surface area contributed by atoms with Gasteiger partial charge < -0.3 is 15.7 Å². The summed E-state index contributed by atoms with van der Waals surface area (Å²) in [7, 11) is 0. The van der Waals surface area contributed by atoms with E-state index in [1.54, 1.807) is 12.1 Å². The van der Waals surface area contributed by atoms with Crippen molar-refractivity contribution in [2.75, 3.05) is 6.54 Å². The molecule has 3 N–H and O–H groups in total. The standard InChI is InChI=1S/C15H19FN2O3/c16-12-4-2-11(3-5-12)6-9-17-14(21)18-15(7-1-8-15)10-13(19)20/h2-5H,1,6-10H2,(H,19,20)(H2,17,18,21). The van der Waals surface area contributed by atoms with Crippen molar-refractivity contribution in [1.29, 1.82) is 0 Å². The van der Waals surface area contributed by atoms with Crippen LogP contribution in [-0.2, 0) is 11.2 Å². The third kappa shape index (κ3) is 4.44. The first-order valence-electron chi connectivity index (χ1n) is 7.01. The van der Waals surface area contributed by atoms with Crippen molar-refractivity contribution in [2.24, 2.45) is 0 Å². The van der Waals surface area contributed by atoms with E-state index in [-0.39, 0.29) is 18.3 Å². The molecule has 0 bridgehead atoms. The Balaban J connectivity index is 1.74. The molecule has 0 saturated heterocycles. The van der Waals surface area contributed by atoms with Gasteiger partial charge in [-0.2, -0.15) is 0 Å². The summed E-state index contributed by atoms with van der Waals surface area (Å²) in [4.78, 5) is 22.6. The number of hydrogen-bond donors (Lipinski definition) is 3. The van der Waals surface area contributed by atoms with Gasteiger partial charge in [-0.1, -0.05) is 12.1 Å². The molecule has 1 aromatic rings. The molecule has 2 amide bonds. The molecule has 1 aromatic carbocycles. The predicted molar refractivity (Wildman–Crippen MR) is 75.5 cm³/mol. The highest BCUT2D eigenvalue weighted by Gasteiger charge is 2.40. The molecule has 0 spiro atoms. The Morgan fingerprint density at radius 2 is 1.90 bits per heavy atom. The van der Waals surface area contributed by atoms with E-state index >= 15 is 0 Å². The topological polar surface area (TPSA) is 78.4 Å². The molecule has 21 heavy (non-hydrogen) atoms. The molecule has 5 nitrogen and oxygen atoms in total. The van der Waals surface area contributed by atoms with E-state index in [1.165, 1.54) is 12.1 Å². The molecular weight excluding hydrogens is 275 g/mol. The first-order valence-corrected chi connectivity index (χ1v) is 7.01. The van der Waals surface area contributed by atoms with Crippen LogP contribution < -0.4 is 10.6 Å². The Labute approximate surface area is 122 Å². The van der Waals surface area contributed by atoms with Gasteiger partial charge in [0.05, 0.1) is 12.0 Å². The normalized spacial score (nSPS) is 15.9. The van der Waals surface area contributed by atoms with E-state index in [4.69, 9.17) is 5.11 Å².